The lowest BCUT2D eigenvalue weighted by Gasteiger charge is -2.20. The third kappa shape index (κ3) is 4.14. The minimum atomic E-state index is -0.846. The lowest BCUT2D eigenvalue weighted by atomic mass is 10.1. The van der Waals surface area contributed by atoms with Gasteiger partial charge in [-0.05, 0) is 23.8 Å². The molecule has 1 aliphatic heterocycles. The van der Waals surface area contributed by atoms with E-state index in [1.165, 1.54) is 4.90 Å². The van der Waals surface area contributed by atoms with Crippen LogP contribution in [0.15, 0.2) is 53.0 Å². The van der Waals surface area contributed by atoms with Gasteiger partial charge in [0, 0.05) is 17.9 Å². The van der Waals surface area contributed by atoms with Crippen molar-refractivity contribution in [3.05, 3.63) is 70.2 Å². The molecule has 0 spiro atoms. The number of aromatic amines is 1. The summed E-state index contributed by atoms with van der Waals surface area (Å²) in [4.78, 5) is 29.8. The van der Waals surface area contributed by atoms with Crippen molar-refractivity contribution < 1.29 is 14.3 Å². The first-order chi connectivity index (χ1) is 14.0. The number of carbonyl (C=O) groups is 2. The van der Waals surface area contributed by atoms with Crippen LogP contribution in [0.5, 0.6) is 5.75 Å². The van der Waals surface area contributed by atoms with Crippen molar-refractivity contribution in [2.24, 2.45) is 0 Å². The van der Waals surface area contributed by atoms with E-state index in [1.807, 2.05) is 36.4 Å². The van der Waals surface area contributed by atoms with Gasteiger partial charge in [0.1, 0.15) is 24.2 Å². The summed E-state index contributed by atoms with van der Waals surface area (Å²) in [6.07, 6.45) is 0.527. The Kier molecular flexibility index (Phi) is 5.30. The number of hydrogen-bond acceptors (Lipinski definition) is 5. The number of nitrogens with one attached hydrogen (secondary N) is 2. The fourth-order valence-corrected chi connectivity index (χ4v) is 3.42. The lowest BCUT2D eigenvalue weighted by Crippen LogP contribution is -2.49. The first kappa shape index (κ1) is 19.1. The quantitative estimate of drug-likeness (QED) is 0.628. The highest BCUT2D eigenvalue weighted by molar-refractivity contribution is 9.10. The van der Waals surface area contributed by atoms with E-state index < -0.39 is 11.9 Å². The summed E-state index contributed by atoms with van der Waals surface area (Å²) in [5, 5.41) is 10.6. The molecular weight excluding hydrogens is 438 g/mol. The summed E-state index contributed by atoms with van der Waals surface area (Å²) in [5.41, 5.74) is 1.68. The summed E-state index contributed by atoms with van der Waals surface area (Å²) in [6.45, 7) is 0.0224. The number of halogens is 1. The van der Waals surface area contributed by atoms with Crippen molar-refractivity contribution in [3.8, 4) is 5.75 Å². The van der Waals surface area contributed by atoms with Crippen LogP contribution < -0.4 is 15.0 Å². The van der Waals surface area contributed by atoms with Crippen LogP contribution in [0.1, 0.15) is 22.0 Å². The van der Waals surface area contributed by atoms with Gasteiger partial charge in [-0.15, -0.1) is 10.2 Å². The van der Waals surface area contributed by atoms with Gasteiger partial charge >= 0.3 is 0 Å². The smallest absolute Gasteiger partial charge is 0.289 e. The molecule has 2 amide bonds. The summed E-state index contributed by atoms with van der Waals surface area (Å²) in [6, 6.07) is 14.3. The first-order valence-electron chi connectivity index (χ1n) is 8.97. The fourth-order valence-electron chi connectivity index (χ4n) is 3.07. The van der Waals surface area contributed by atoms with Crippen LogP contribution in [0.25, 0.3) is 0 Å². The molecule has 0 aliphatic carbocycles. The van der Waals surface area contributed by atoms with E-state index in [9.17, 15) is 9.59 Å². The number of benzene rings is 2. The number of H-pyrrole nitrogens is 1. The molecule has 0 radical (unpaired) electrons. The maximum absolute atomic E-state index is 12.8. The molecule has 4 rings (SSSR count). The van der Waals surface area contributed by atoms with Gasteiger partial charge in [-0.2, -0.15) is 0 Å². The lowest BCUT2D eigenvalue weighted by molar-refractivity contribution is -0.120. The zero-order valence-corrected chi connectivity index (χ0v) is 17.1. The molecule has 0 fully saturated rings. The van der Waals surface area contributed by atoms with Gasteiger partial charge in [-0.3, -0.25) is 9.59 Å². The van der Waals surface area contributed by atoms with Crippen molar-refractivity contribution in [2.45, 2.75) is 12.5 Å². The Labute approximate surface area is 175 Å². The standard InChI is InChI=1S/C20H18BrN5O3/c1-26-15-10-13(21)7-8-16(15)29-11-14(20(26)28)22-19(27)18-23-17(24-25-18)9-12-5-3-2-4-6-12/h2-8,10,14H,9,11H2,1H3,(H,22,27)(H,23,24,25)/t14-/m0/s1. The predicted octanol–water partition coefficient (Wildman–Crippen LogP) is 2.31. The van der Waals surface area contributed by atoms with Gasteiger partial charge in [0.05, 0.1) is 5.69 Å². The highest BCUT2D eigenvalue weighted by Crippen LogP contribution is 2.33. The number of nitrogens with zero attached hydrogens (tertiary/aromatic N) is 3. The minimum Gasteiger partial charge on any atom is -0.489 e. The molecule has 0 unspecified atom stereocenters. The molecule has 29 heavy (non-hydrogen) atoms. The molecule has 8 nitrogen and oxygen atoms in total. The van der Waals surface area contributed by atoms with Crippen LogP contribution in [0.4, 0.5) is 5.69 Å². The largest absolute Gasteiger partial charge is 0.489 e. The number of rotatable bonds is 4. The van der Waals surface area contributed by atoms with Crippen LogP contribution in [-0.2, 0) is 11.2 Å². The summed E-state index contributed by atoms with van der Waals surface area (Å²) < 4.78 is 6.56. The Morgan fingerprint density at radius 1 is 1.28 bits per heavy atom. The number of ether oxygens (including phenoxy) is 1. The van der Waals surface area contributed by atoms with Crippen LogP contribution in [0, 0.1) is 0 Å². The van der Waals surface area contributed by atoms with Crippen molar-refractivity contribution >= 4 is 33.4 Å². The van der Waals surface area contributed by atoms with Gasteiger partial charge in [-0.25, -0.2) is 0 Å². The topological polar surface area (TPSA) is 100 Å². The van der Waals surface area contributed by atoms with Gasteiger partial charge in [-0.1, -0.05) is 46.3 Å². The number of anilines is 1. The number of fused-ring (bicyclic) bond motifs is 1. The van der Waals surface area contributed by atoms with Gasteiger partial charge < -0.3 is 19.9 Å². The third-order valence-corrected chi connectivity index (χ3v) is 5.08. The maximum atomic E-state index is 12.8. The van der Waals surface area contributed by atoms with E-state index in [-0.39, 0.29) is 18.3 Å². The Bertz CT molecular complexity index is 1050. The summed E-state index contributed by atoms with van der Waals surface area (Å²) >= 11 is 3.39. The van der Waals surface area contributed by atoms with E-state index in [0.717, 1.165) is 10.0 Å². The Morgan fingerprint density at radius 3 is 2.86 bits per heavy atom. The SMILES string of the molecule is CN1C(=O)[C@@H](NC(=O)c2nnc(Cc3ccccc3)[nH]2)COc2ccc(Br)cc21. The highest BCUT2D eigenvalue weighted by atomic mass is 79.9. The molecule has 1 aliphatic rings. The number of carbonyl (C=O) groups excluding carboxylic acids is 2. The van der Waals surface area contributed by atoms with Crippen molar-refractivity contribution in [3.63, 3.8) is 0 Å². The molecule has 3 aromatic rings. The molecule has 1 atom stereocenters. The van der Waals surface area contributed by atoms with Crippen molar-refractivity contribution in [1.29, 1.82) is 0 Å². The second-order valence-corrected chi connectivity index (χ2v) is 7.54. The van der Waals surface area contributed by atoms with Crippen LogP contribution in [-0.4, -0.2) is 46.7 Å². The van der Waals surface area contributed by atoms with Gasteiger partial charge in [0.2, 0.25) is 5.82 Å². The molecule has 1 aromatic heterocycles. The van der Waals surface area contributed by atoms with E-state index in [1.54, 1.807) is 19.2 Å². The second kappa shape index (κ2) is 8.04. The van der Waals surface area contributed by atoms with Crippen LogP contribution >= 0.6 is 15.9 Å². The van der Waals surface area contributed by atoms with E-state index >= 15 is 0 Å². The Morgan fingerprint density at radius 2 is 2.07 bits per heavy atom. The highest BCUT2D eigenvalue weighted by Gasteiger charge is 2.31. The molecule has 0 saturated heterocycles. The van der Waals surface area contributed by atoms with Crippen LogP contribution in [0.3, 0.4) is 0 Å². The molecule has 0 saturated carbocycles. The normalized spacial score (nSPS) is 16.0. The zero-order valence-electron chi connectivity index (χ0n) is 15.6. The number of aromatic nitrogens is 3. The van der Waals surface area contributed by atoms with Crippen LogP contribution in [0.2, 0.25) is 0 Å². The fraction of sp³-hybridized carbons (Fsp3) is 0.200. The molecule has 2 aromatic carbocycles. The molecular formula is C20H18BrN5O3. The second-order valence-electron chi connectivity index (χ2n) is 6.63. The van der Waals surface area contributed by atoms with Crippen molar-refractivity contribution in [2.75, 3.05) is 18.6 Å². The number of hydrogen-bond donors (Lipinski definition) is 2. The molecule has 148 valence electrons. The maximum Gasteiger partial charge on any atom is 0.289 e. The summed E-state index contributed by atoms with van der Waals surface area (Å²) in [7, 11) is 1.65. The van der Waals surface area contributed by atoms with Gasteiger partial charge in [0.15, 0.2) is 0 Å². The molecule has 2 N–H and O–H groups in total. The first-order valence-corrected chi connectivity index (χ1v) is 9.77. The average Bonchev–Trinajstić information content (AvgIpc) is 3.16. The number of amides is 2. The average molecular weight is 456 g/mol. The minimum absolute atomic E-state index is 0.0224. The molecule has 2 heterocycles. The van der Waals surface area contributed by atoms with Gasteiger partial charge in [0.25, 0.3) is 11.8 Å². The Balaban J connectivity index is 1.45. The van der Waals surface area contributed by atoms with E-state index in [2.05, 4.69) is 36.4 Å². The monoisotopic (exact) mass is 455 g/mol. The zero-order chi connectivity index (χ0) is 20.4. The van der Waals surface area contributed by atoms with E-state index in [4.69, 9.17) is 4.74 Å². The number of likely N-dealkylation sites (N-methyl/N-ethyl adjacent to an activating group) is 1. The molecule has 0 bridgehead atoms. The Hall–Kier alpha value is -3.20. The third-order valence-electron chi connectivity index (χ3n) is 4.58. The van der Waals surface area contributed by atoms with E-state index in [0.29, 0.717) is 23.7 Å². The predicted molar refractivity (Wildman–Crippen MR) is 110 cm³/mol. The van der Waals surface area contributed by atoms with Crippen molar-refractivity contribution in [1.82, 2.24) is 20.5 Å². The summed E-state index contributed by atoms with van der Waals surface area (Å²) in [5.74, 6) is 0.402. The molecule has 9 heteroatoms.